The van der Waals surface area contributed by atoms with Gasteiger partial charge in [-0.1, -0.05) is 0 Å². The van der Waals surface area contributed by atoms with Crippen LogP contribution in [0.2, 0.25) is 0 Å². The molecule has 1 aromatic heterocycles. The molecule has 0 bridgehead atoms. The minimum atomic E-state index is -3.63. The zero-order valence-corrected chi connectivity index (χ0v) is 16.4. The van der Waals surface area contributed by atoms with Gasteiger partial charge in [-0.15, -0.1) is 0 Å². The maximum absolute atomic E-state index is 12.8. The van der Waals surface area contributed by atoms with E-state index in [1.165, 1.54) is 0 Å². The molecule has 154 valence electrons. The highest BCUT2D eigenvalue weighted by Crippen LogP contribution is 2.51. The zero-order valence-electron chi connectivity index (χ0n) is 15.5. The molecule has 1 aliphatic rings. The van der Waals surface area contributed by atoms with Crippen molar-refractivity contribution in [1.29, 1.82) is 0 Å². The van der Waals surface area contributed by atoms with Crippen LogP contribution in [-0.4, -0.2) is 57.1 Å². The van der Waals surface area contributed by atoms with Crippen LogP contribution in [0, 0.1) is 0 Å². The van der Waals surface area contributed by atoms with E-state index in [0.29, 0.717) is 4.57 Å². The van der Waals surface area contributed by atoms with Crippen LogP contribution in [0.1, 0.15) is 27.7 Å². The number of nitrogens with one attached hydrogen (secondary N) is 1. The molecule has 0 radical (unpaired) electrons. The van der Waals surface area contributed by atoms with Gasteiger partial charge in [0.25, 0.3) is 11.5 Å². The van der Waals surface area contributed by atoms with Gasteiger partial charge in [-0.3, -0.25) is 14.3 Å². The summed E-state index contributed by atoms with van der Waals surface area (Å²) < 4.78 is 34.7. The van der Waals surface area contributed by atoms with Crippen LogP contribution in [0.25, 0.3) is 0 Å². The van der Waals surface area contributed by atoms with Crippen molar-refractivity contribution in [3.05, 3.63) is 33.1 Å². The van der Waals surface area contributed by atoms with Gasteiger partial charge in [-0.25, -0.2) is 9.36 Å². The number of hydrogen-bond donors (Lipinski definition) is 3. The first kappa shape index (κ1) is 22.0. The Labute approximate surface area is 155 Å². The molecule has 3 atom stereocenters. The summed E-state index contributed by atoms with van der Waals surface area (Å²) in [7, 11) is -3.63. The smallest absolute Gasteiger partial charge is 0.356 e. The van der Waals surface area contributed by atoms with Gasteiger partial charge in [0.05, 0.1) is 18.8 Å². The predicted molar refractivity (Wildman–Crippen MR) is 93.3 cm³/mol. The number of ether oxygens (including phenoxy) is 2. The summed E-state index contributed by atoms with van der Waals surface area (Å²) in [6.45, 7) is 6.44. The average molecular weight is 408 g/mol. The first-order chi connectivity index (χ1) is 12.5. The van der Waals surface area contributed by atoms with E-state index in [1.807, 2.05) is 4.98 Å². The second-order valence-corrected chi connectivity index (χ2v) is 8.55. The van der Waals surface area contributed by atoms with Gasteiger partial charge in [-0.2, -0.15) is 0 Å². The van der Waals surface area contributed by atoms with Gasteiger partial charge in [0.2, 0.25) is 0 Å². The maximum Gasteiger partial charge on any atom is 0.356 e. The zero-order chi connectivity index (χ0) is 20.4. The third-order valence-corrected chi connectivity index (χ3v) is 5.51. The standard InChI is InChI=1S/C15H25N2O9P/c1-9(2)25-27(22,26-10(3)4)8-23-11-7-24-15(21,13(11)19)17-6-5-12(18)16-14(17)20/h5-6,9-11,13,19,21H,7-8H2,1-4H3,(H,16,18,20)/t11-,13+,15-/m1/s1. The second-order valence-electron chi connectivity index (χ2n) is 6.65. The number of aromatic amines is 1. The minimum absolute atomic E-state index is 0.299. The van der Waals surface area contributed by atoms with E-state index >= 15 is 0 Å². The van der Waals surface area contributed by atoms with Gasteiger partial charge in [-0.05, 0) is 27.7 Å². The van der Waals surface area contributed by atoms with Gasteiger partial charge in [0.15, 0.2) is 6.10 Å². The molecule has 0 aromatic carbocycles. The summed E-state index contributed by atoms with van der Waals surface area (Å²) >= 11 is 0. The van der Waals surface area contributed by atoms with Crippen LogP contribution >= 0.6 is 7.60 Å². The Morgan fingerprint density at radius 3 is 2.44 bits per heavy atom. The molecule has 1 aliphatic heterocycles. The van der Waals surface area contributed by atoms with E-state index in [2.05, 4.69) is 0 Å². The molecule has 1 fully saturated rings. The molecule has 0 aliphatic carbocycles. The molecule has 1 aromatic rings. The lowest BCUT2D eigenvalue weighted by molar-refractivity contribution is -0.278. The molecule has 12 heteroatoms. The summed E-state index contributed by atoms with van der Waals surface area (Å²) in [6.07, 6.45) is -3.09. The normalized spacial score (nSPS) is 26.2. The fourth-order valence-electron chi connectivity index (χ4n) is 2.56. The molecule has 0 spiro atoms. The van der Waals surface area contributed by atoms with Crippen LogP contribution in [0.3, 0.4) is 0 Å². The molecule has 2 heterocycles. The summed E-state index contributed by atoms with van der Waals surface area (Å²) in [5.41, 5.74) is -1.64. The summed E-state index contributed by atoms with van der Waals surface area (Å²) in [6, 6.07) is 0.991. The van der Waals surface area contributed by atoms with Crippen molar-refractivity contribution in [1.82, 2.24) is 9.55 Å². The highest BCUT2D eigenvalue weighted by molar-refractivity contribution is 7.53. The molecular formula is C15H25N2O9P. The van der Waals surface area contributed by atoms with Crippen LogP contribution < -0.4 is 11.2 Å². The minimum Gasteiger partial charge on any atom is -0.382 e. The van der Waals surface area contributed by atoms with E-state index in [9.17, 15) is 24.4 Å². The molecule has 3 N–H and O–H groups in total. The Balaban J connectivity index is 2.14. The number of H-pyrrole nitrogens is 1. The van der Waals surface area contributed by atoms with Gasteiger partial charge < -0.3 is 28.7 Å². The molecule has 2 rings (SSSR count). The molecule has 0 unspecified atom stereocenters. The van der Waals surface area contributed by atoms with Gasteiger partial charge in [0.1, 0.15) is 12.5 Å². The largest absolute Gasteiger partial charge is 0.382 e. The van der Waals surface area contributed by atoms with E-state index in [-0.39, 0.29) is 18.8 Å². The molecule has 0 amide bonds. The van der Waals surface area contributed by atoms with Crippen LogP contribution in [0.4, 0.5) is 0 Å². The first-order valence-corrected chi connectivity index (χ1v) is 10.1. The maximum atomic E-state index is 12.8. The SMILES string of the molecule is CC(C)OP(=O)(CO[C@@H]1CO[C@@](O)(n2ccc(=O)[nH]c2=O)[C@H]1O)OC(C)C. The van der Waals surface area contributed by atoms with Crippen LogP contribution in [-0.2, 0) is 29.0 Å². The van der Waals surface area contributed by atoms with Crippen molar-refractivity contribution >= 4 is 7.60 Å². The Kier molecular flexibility index (Phi) is 6.80. The Morgan fingerprint density at radius 2 is 1.93 bits per heavy atom. The fraction of sp³-hybridized carbons (Fsp3) is 0.733. The molecule has 1 saturated heterocycles. The number of aliphatic hydroxyl groups excluding tert-OH is 1. The first-order valence-electron chi connectivity index (χ1n) is 8.41. The lowest BCUT2D eigenvalue weighted by atomic mass is 10.2. The highest BCUT2D eigenvalue weighted by Gasteiger charge is 2.52. The molecule has 11 nitrogen and oxygen atoms in total. The Bertz CT molecular complexity index is 791. The lowest BCUT2D eigenvalue weighted by Crippen LogP contribution is -2.51. The summed E-state index contributed by atoms with van der Waals surface area (Å²) in [4.78, 5) is 25.0. The van der Waals surface area contributed by atoms with Crippen molar-refractivity contribution in [2.24, 2.45) is 0 Å². The van der Waals surface area contributed by atoms with Crippen molar-refractivity contribution in [3.8, 4) is 0 Å². The lowest BCUT2D eigenvalue weighted by Gasteiger charge is -2.28. The molecular weight excluding hydrogens is 383 g/mol. The Hall–Kier alpha value is -1.33. The third kappa shape index (κ3) is 5.14. The number of rotatable bonds is 8. The molecule has 27 heavy (non-hydrogen) atoms. The quantitative estimate of drug-likeness (QED) is 0.502. The van der Waals surface area contributed by atoms with E-state index in [1.54, 1.807) is 27.7 Å². The predicted octanol–water partition coefficient (Wildman–Crippen LogP) is -0.0839. The van der Waals surface area contributed by atoms with Crippen molar-refractivity contribution in [3.63, 3.8) is 0 Å². The monoisotopic (exact) mass is 408 g/mol. The fourth-order valence-corrected chi connectivity index (χ4v) is 4.39. The van der Waals surface area contributed by atoms with Crippen LogP contribution in [0.15, 0.2) is 21.9 Å². The van der Waals surface area contributed by atoms with E-state index in [4.69, 9.17) is 18.5 Å². The van der Waals surface area contributed by atoms with Crippen molar-refractivity contribution in [2.75, 3.05) is 13.0 Å². The average Bonchev–Trinajstić information content (AvgIpc) is 2.80. The van der Waals surface area contributed by atoms with Crippen LogP contribution in [0.5, 0.6) is 0 Å². The Morgan fingerprint density at radius 1 is 1.33 bits per heavy atom. The second kappa shape index (κ2) is 8.36. The molecule has 0 saturated carbocycles. The van der Waals surface area contributed by atoms with E-state index in [0.717, 1.165) is 12.3 Å². The topological polar surface area (TPSA) is 149 Å². The van der Waals surface area contributed by atoms with Crippen molar-refractivity contribution < 1.29 is 33.3 Å². The number of aromatic nitrogens is 2. The number of hydrogen-bond acceptors (Lipinski definition) is 9. The summed E-state index contributed by atoms with van der Waals surface area (Å²) in [5, 5.41) is 20.9. The van der Waals surface area contributed by atoms with Gasteiger partial charge >= 0.3 is 13.3 Å². The number of aliphatic hydroxyl groups is 2. The van der Waals surface area contributed by atoms with Crippen molar-refractivity contribution in [2.45, 2.75) is 58.0 Å². The number of nitrogens with zero attached hydrogens (tertiary/aromatic N) is 1. The van der Waals surface area contributed by atoms with E-state index < -0.39 is 43.3 Å². The third-order valence-electron chi connectivity index (χ3n) is 3.56. The summed E-state index contributed by atoms with van der Waals surface area (Å²) in [5.74, 6) is -2.45. The van der Waals surface area contributed by atoms with Gasteiger partial charge in [0, 0.05) is 12.3 Å². The highest BCUT2D eigenvalue weighted by atomic mass is 31.2.